The summed E-state index contributed by atoms with van der Waals surface area (Å²) < 4.78 is 1.86. The maximum Gasteiger partial charge on any atom is 0.138 e. The van der Waals surface area contributed by atoms with E-state index in [9.17, 15) is 5.11 Å². The molecule has 1 heterocycles. The van der Waals surface area contributed by atoms with Crippen molar-refractivity contribution in [1.82, 2.24) is 14.8 Å². The third-order valence-corrected chi connectivity index (χ3v) is 1.82. The van der Waals surface area contributed by atoms with Gasteiger partial charge in [-0.1, -0.05) is 13.8 Å². The first-order valence-electron chi connectivity index (χ1n) is 4.97. The molecule has 0 atom stereocenters. The topological polar surface area (TPSA) is 50.9 Å². The van der Waals surface area contributed by atoms with E-state index in [4.69, 9.17) is 0 Å². The van der Waals surface area contributed by atoms with Gasteiger partial charge in [-0.25, -0.2) is 9.67 Å². The van der Waals surface area contributed by atoms with E-state index in [0.717, 1.165) is 12.4 Å². The minimum atomic E-state index is -0.720. The summed E-state index contributed by atoms with van der Waals surface area (Å²) in [4.78, 5) is 4.15. The molecule has 1 N–H and O–H groups in total. The Kier molecular flexibility index (Phi) is 3.26. The lowest BCUT2D eigenvalue weighted by molar-refractivity contribution is 0.0772. The molecule has 0 aliphatic rings. The number of hydrogen-bond donors (Lipinski definition) is 1. The zero-order valence-electron chi connectivity index (χ0n) is 9.36. The summed E-state index contributed by atoms with van der Waals surface area (Å²) in [7, 11) is 0. The summed E-state index contributed by atoms with van der Waals surface area (Å²) in [6.07, 6.45) is 2.09. The molecule has 14 heavy (non-hydrogen) atoms. The highest BCUT2D eigenvalue weighted by Crippen LogP contribution is 2.10. The van der Waals surface area contributed by atoms with Gasteiger partial charge in [0.2, 0.25) is 0 Å². The molecule has 0 saturated heterocycles. The maximum absolute atomic E-state index is 9.67. The van der Waals surface area contributed by atoms with Crippen molar-refractivity contribution >= 4 is 0 Å². The largest absolute Gasteiger partial charge is 0.390 e. The summed E-state index contributed by atoms with van der Waals surface area (Å²) in [5.41, 5.74) is -0.720. The van der Waals surface area contributed by atoms with Gasteiger partial charge in [-0.2, -0.15) is 5.10 Å². The molecule has 0 amide bonds. The van der Waals surface area contributed by atoms with Gasteiger partial charge in [0, 0.05) is 13.0 Å². The van der Waals surface area contributed by atoms with Gasteiger partial charge in [0.25, 0.3) is 0 Å². The molecule has 1 rings (SSSR count). The van der Waals surface area contributed by atoms with E-state index < -0.39 is 5.60 Å². The van der Waals surface area contributed by atoms with Crippen LogP contribution >= 0.6 is 0 Å². The fraction of sp³-hybridized carbons (Fsp3) is 0.800. The summed E-state index contributed by atoms with van der Waals surface area (Å²) in [6, 6.07) is 0. The molecule has 0 aliphatic heterocycles. The quantitative estimate of drug-likeness (QED) is 0.790. The molecule has 0 fully saturated rings. The summed E-state index contributed by atoms with van der Waals surface area (Å²) in [5, 5.41) is 13.8. The van der Waals surface area contributed by atoms with Crippen molar-refractivity contribution in [2.45, 2.75) is 46.3 Å². The average Bonchev–Trinajstić information content (AvgIpc) is 2.32. The van der Waals surface area contributed by atoms with E-state index in [-0.39, 0.29) is 0 Å². The Bertz CT molecular complexity index is 286. The first-order valence-corrected chi connectivity index (χ1v) is 4.97. The molecule has 0 unspecified atom stereocenters. The third-order valence-electron chi connectivity index (χ3n) is 1.82. The molecule has 4 heteroatoms. The molecule has 0 radical (unpaired) electrons. The molecule has 0 bridgehead atoms. The lowest BCUT2D eigenvalue weighted by Gasteiger charge is -2.17. The smallest absolute Gasteiger partial charge is 0.138 e. The molecule has 0 aromatic carbocycles. The number of aromatic nitrogens is 3. The van der Waals surface area contributed by atoms with Crippen LogP contribution in [-0.2, 0) is 13.0 Å². The lowest BCUT2D eigenvalue weighted by atomic mass is 10.1. The standard InChI is InChI=1S/C10H19N3O/c1-8(2)6-13-9(11-7-12-13)5-10(3,4)14/h7-8,14H,5-6H2,1-4H3. The van der Waals surface area contributed by atoms with Crippen LogP contribution in [0.1, 0.15) is 33.5 Å². The van der Waals surface area contributed by atoms with E-state index >= 15 is 0 Å². The van der Waals surface area contributed by atoms with Crippen molar-refractivity contribution in [1.29, 1.82) is 0 Å². The van der Waals surface area contributed by atoms with Gasteiger partial charge < -0.3 is 5.11 Å². The van der Waals surface area contributed by atoms with Gasteiger partial charge >= 0.3 is 0 Å². The van der Waals surface area contributed by atoms with Gasteiger partial charge in [0.05, 0.1) is 5.60 Å². The SMILES string of the molecule is CC(C)Cn1ncnc1CC(C)(C)O. The first-order chi connectivity index (χ1) is 6.38. The minimum absolute atomic E-state index is 0.539. The van der Waals surface area contributed by atoms with E-state index in [1.165, 1.54) is 0 Å². The Morgan fingerprint density at radius 3 is 2.64 bits per heavy atom. The Morgan fingerprint density at radius 2 is 2.14 bits per heavy atom. The van der Waals surface area contributed by atoms with E-state index in [1.54, 1.807) is 20.2 Å². The Hall–Kier alpha value is -0.900. The van der Waals surface area contributed by atoms with Gasteiger partial charge in [-0.05, 0) is 19.8 Å². The summed E-state index contributed by atoms with van der Waals surface area (Å²) >= 11 is 0. The highest BCUT2D eigenvalue weighted by Gasteiger charge is 2.17. The molecule has 80 valence electrons. The zero-order chi connectivity index (χ0) is 10.8. The highest BCUT2D eigenvalue weighted by molar-refractivity contribution is 4.91. The van der Waals surface area contributed by atoms with Crippen LogP contribution in [-0.4, -0.2) is 25.5 Å². The van der Waals surface area contributed by atoms with Crippen molar-refractivity contribution in [2.75, 3.05) is 0 Å². The van der Waals surface area contributed by atoms with E-state index in [0.29, 0.717) is 12.3 Å². The van der Waals surface area contributed by atoms with Crippen molar-refractivity contribution in [3.05, 3.63) is 12.2 Å². The molecule has 4 nitrogen and oxygen atoms in total. The Balaban J connectivity index is 2.72. The second-order valence-corrected chi connectivity index (χ2v) is 4.74. The van der Waals surface area contributed by atoms with Gasteiger partial charge in [-0.3, -0.25) is 0 Å². The normalized spacial score (nSPS) is 12.4. The second-order valence-electron chi connectivity index (χ2n) is 4.74. The second kappa shape index (κ2) is 4.09. The third kappa shape index (κ3) is 3.46. The highest BCUT2D eigenvalue weighted by atomic mass is 16.3. The number of hydrogen-bond acceptors (Lipinski definition) is 3. The van der Waals surface area contributed by atoms with Crippen LogP contribution in [0.5, 0.6) is 0 Å². The first kappa shape index (κ1) is 11.2. The van der Waals surface area contributed by atoms with Crippen molar-refractivity contribution in [2.24, 2.45) is 5.92 Å². The lowest BCUT2D eigenvalue weighted by Crippen LogP contribution is -2.25. The predicted octanol–water partition coefficient (Wildman–Crippen LogP) is 1.25. The van der Waals surface area contributed by atoms with Gasteiger partial charge in [-0.15, -0.1) is 0 Å². The van der Waals surface area contributed by atoms with Gasteiger partial charge in [0.1, 0.15) is 12.2 Å². The molecule has 0 saturated carbocycles. The van der Waals surface area contributed by atoms with Crippen LogP contribution in [0, 0.1) is 5.92 Å². The molecule has 1 aromatic rings. The van der Waals surface area contributed by atoms with E-state index in [2.05, 4.69) is 23.9 Å². The number of rotatable bonds is 4. The average molecular weight is 197 g/mol. The van der Waals surface area contributed by atoms with Crippen LogP contribution < -0.4 is 0 Å². The predicted molar refractivity (Wildman–Crippen MR) is 54.9 cm³/mol. The summed E-state index contributed by atoms with van der Waals surface area (Å²) in [6.45, 7) is 8.68. The van der Waals surface area contributed by atoms with Gasteiger partial charge in [0.15, 0.2) is 0 Å². The van der Waals surface area contributed by atoms with E-state index in [1.807, 2.05) is 4.68 Å². The molecule has 0 aliphatic carbocycles. The molecular formula is C10H19N3O. The van der Waals surface area contributed by atoms with Crippen molar-refractivity contribution in [3.63, 3.8) is 0 Å². The monoisotopic (exact) mass is 197 g/mol. The molecule has 1 aromatic heterocycles. The fourth-order valence-corrected chi connectivity index (χ4v) is 1.31. The summed E-state index contributed by atoms with van der Waals surface area (Å²) in [5.74, 6) is 1.39. The Labute approximate surface area is 85.0 Å². The molecule has 0 spiro atoms. The fourth-order valence-electron chi connectivity index (χ4n) is 1.31. The zero-order valence-corrected chi connectivity index (χ0v) is 9.36. The van der Waals surface area contributed by atoms with Crippen molar-refractivity contribution < 1.29 is 5.11 Å². The number of aliphatic hydroxyl groups is 1. The van der Waals surface area contributed by atoms with Crippen LogP contribution in [0.25, 0.3) is 0 Å². The van der Waals surface area contributed by atoms with Crippen LogP contribution in [0.4, 0.5) is 0 Å². The van der Waals surface area contributed by atoms with Crippen LogP contribution in [0.3, 0.4) is 0 Å². The molecular weight excluding hydrogens is 178 g/mol. The van der Waals surface area contributed by atoms with Crippen LogP contribution in [0.15, 0.2) is 6.33 Å². The minimum Gasteiger partial charge on any atom is -0.390 e. The maximum atomic E-state index is 9.67. The van der Waals surface area contributed by atoms with Crippen LogP contribution in [0.2, 0.25) is 0 Å². The number of nitrogens with zero attached hydrogens (tertiary/aromatic N) is 3. The Morgan fingerprint density at radius 1 is 1.50 bits per heavy atom. The van der Waals surface area contributed by atoms with Crippen molar-refractivity contribution in [3.8, 4) is 0 Å².